The Hall–Kier alpha value is -3.72. The highest BCUT2D eigenvalue weighted by atomic mass is 16.5. The molecule has 160 valence electrons. The van der Waals surface area contributed by atoms with Crippen LogP contribution in [0, 0.1) is 0 Å². The molecule has 32 heavy (non-hydrogen) atoms. The van der Waals surface area contributed by atoms with Crippen molar-refractivity contribution in [1.29, 1.82) is 0 Å². The molecule has 4 aromatic carbocycles. The van der Waals surface area contributed by atoms with Gasteiger partial charge in [0.2, 0.25) is 0 Å². The Morgan fingerprint density at radius 3 is 1.31 bits per heavy atom. The fourth-order valence-electron chi connectivity index (χ4n) is 4.50. The Morgan fingerprint density at radius 2 is 0.844 bits per heavy atom. The average molecular weight is 423 g/mol. The van der Waals surface area contributed by atoms with Crippen molar-refractivity contribution in [3.8, 4) is 61.8 Å². The molecule has 0 saturated carbocycles. The smallest absolute Gasteiger partial charge is 0.120 e. The standard InChI is InChI=1S/C29H26O3/c1-18(2)32-21-11-14-25-26-13-10-20(31-4)16-29(26)28-15-19(30-3)9-12-24(28)22-7-5-6-8-23(22)27(25)17-21/h5-18H,1-4H3. The van der Waals surface area contributed by atoms with E-state index in [0.717, 1.165) is 45.1 Å². The van der Waals surface area contributed by atoms with Gasteiger partial charge in [-0.3, -0.25) is 0 Å². The third-order valence-electron chi connectivity index (χ3n) is 5.90. The van der Waals surface area contributed by atoms with Crippen molar-refractivity contribution < 1.29 is 14.2 Å². The summed E-state index contributed by atoms with van der Waals surface area (Å²) in [5.74, 6) is 2.53. The Labute approximate surface area is 189 Å². The van der Waals surface area contributed by atoms with E-state index in [1.807, 2.05) is 12.1 Å². The number of methoxy groups -OCH3 is 2. The third-order valence-corrected chi connectivity index (χ3v) is 5.90. The first-order valence-electron chi connectivity index (χ1n) is 10.9. The van der Waals surface area contributed by atoms with E-state index in [1.54, 1.807) is 14.2 Å². The van der Waals surface area contributed by atoms with Crippen LogP contribution in [0.15, 0.2) is 78.9 Å². The zero-order valence-corrected chi connectivity index (χ0v) is 18.8. The molecule has 0 radical (unpaired) electrons. The Bertz CT molecular complexity index is 1300. The van der Waals surface area contributed by atoms with Gasteiger partial charge in [-0.05, 0) is 94.8 Å². The van der Waals surface area contributed by atoms with Gasteiger partial charge in [0.05, 0.1) is 20.3 Å². The maximum Gasteiger partial charge on any atom is 0.120 e. The summed E-state index contributed by atoms with van der Waals surface area (Å²) in [4.78, 5) is 0. The van der Waals surface area contributed by atoms with Crippen LogP contribution in [-0.2, 0) is 0 Å². The van der Waals surface area contributed by atoms with E-state index >= 15 is 0 Å². The first-order chi connectivity index (χ1) is 15.6. The Balaban J connectivity index is 1.89. The molecule has 0 spiro atoms. The van der Waals surface area contributed by atoms with Gasteiger partial charge in [0.15, 0.2) is 0 Å². The monoisotopic (exact) mass is 422 g/mol. The fraction of sp³-hybridized carbons (Fsp3) is 0.172. The topological polar surface area (TPSA) is 27.7 Å². The van der Waals surface area contributed by atoms with Gasteiger partial charge in [-0.25, -0.2) is 0 Å². The molecule has 3 heteroatoms. The molecular formula is C29H26O3. The summed E-state index contributed by atoms with van der Waals surface area (Å²) in [5, 5.41) is 0. The fourth-order valence-corrected chi connectivity index (χ4v) is 4.50. The summed E-state index contributed by atoms with van der Waals surface area (Å²) in [7, 11) is 3.41. The molecule has 0 unspecified atom stereocenters. The molecule has 1 aliphatic carbocycles. The lowest BCUT2D eigenvalue weighted by Gasteiger charge is -2.24. The summed E-state index contributed by atoms with van der Waals surface area (Å²) in [6, 6.07) is 27.5. The van der Waals surface area contributed by atoms with Gasteiger partial charge in [-0.1, -0.05) is 42.5 Å². The molecule has 0 bridgehead atoms. The van der Waals surface area contributed by atoms with E-state index in [4.69, 9.17) is 14.2 Å². The van der Waals surface area contributed by atoms with E-state index in [9.17, 15) is 0 Å². The van der Waals surface area contributed by atoms with Crippen LogP contribution in [-0.4, -0.2) is 20.3 Å². The van der Waals surface area contributed by atoms with Crippen molar-refractivity contribution in [2.45, 2.75) is 20.0 Å². The molecule has 0 N–H and O–H groups in total. The molecule has 3 nitrogen and oxygen atoms in total. The maximum absolute atomic E-state index is 6.06. The molecular weight excluding hydrogens is 396 g/mol. The van der Waals surface area contributed by atoms with E-state index in [-0.39, 0.29) is 6.10 Å². The van der Waals surface area contributed by atoms with Gasteiger partial charge >= 0.3 is 0 Å². The lowest BCUT2D eigenvalue weighted by Crippen LogP contribution is -2.06. The SMILES string of the molecule is COc1ccc2c(c1)-c1cc(OC)ccc1-c1ccc(OC(C)C)cc1-c1ccccc1-2. The molecule has 0 heterocycles. The van der Waals surface area contributed by atoms with Crippen LogP contribution in [0.5, 0.6) is 17.2 Å². The Kier molecular flexibility index (Phi) is 5.10. The lowest BCUT2D eigenvalue weighted by atomic mass is 9.80. The quantitative estimate of drug-likeness (QED) is 0.301. The largest absolute Gasteiger partial charge is 0.497 e. The molecule has 1 aliphatic rings. The van der Waals surface area contributed by atoms with Crippen molar-refractivity contribution in [2.24, 2.45) is 0 Å². The molecule has 0 atom stereocenters. The predicted molar refractivity (Wildman–Crippen MR) is 131 cm³/mol. The van der Waals surface area contributed by atoms with E-state index in [0.29, 0.717) is 0 Å². The molecule has 0 saturated heterocycles. The van der Waals surface area contributed by atoms with Gasteiger partial charge in [0, 0.05) is 0 Å². The van der Waals surface area contributed by atoms with Crippen LogP contribution in [0.1, 0.15) is 13.8 Å². The molecule has 4 aromatic rings. The lowest BCUT2D eigenvalue weighted by molar-refractivity contribution is 0.242. The number of fused-ring (bicyclic) bond motifs is 8. The normalized spacial score (nSPS) is 11.4. The first kappa shape index (κ1) is 20.2. The van der Waals surface area contributed by atoms with Crippen molar-refractivity contribution in [2.75, 3.05) is 14.2 Å². The predicted octanol–water partition coefficient (Wildman–Crippen LogP) is 7.47. The zero-order valence-electron chi connectivity index (χ0n) is 18.8. The molecule has 0 amide bonds. The summed E-state index contributed by atoms with van der Waals surface area (Å²) in [6.07, 6.45) is 0.113. The van der Waals surface area contributed by atoms with E-state index in [1.165, 1.54) is 16.7 Å². The van der Waals surface area contributed by atoms with E-state index in [2.05, 4.69) is 80.6 Å². The number of hydrogen-bond donors (Lipinski definition) is 0. The van der Waals surface area contributed by atoms with Gasteiger partial charge in [0.25, 0.3) is 0 Å². The first-order valence-corrected chi connectivity index (χ1v) is 10.9. The third kappa shape index (κ3) is 3.40. The second-order valence-corrected chi connectivity index (χ2v) is 8.24. The average Bonchev–Trinajstić information content (AvgIpc) is 2.82. The van der Waals surface area contributed by atoms with Crippen LogP contribution in [0.4, 0.5) is 0 Å². The summed E-state index contributed by atoms with van der Waals surface area (Å²) >= 11 is 0. The van der Waals surface area contributed by atoms with Crippen molar-refractivity contribution in [1.82, 2.24) is 0 Å². The minimum atomic E-state index is 0.113. The van der Waals surface area contributed by atoms with Crippen LogP contribution in [0.25, 0.3) is 44.5 Å². The van der Waals surface area contributed by atoms with Gasteiger partial charge in [-0.15, -0.1) is 0 Å². The van der Waals surface area contributed by atoms with Gasteiger partial charge in [0.1, 0.15) is 17.2 Å². The molecule has 0 fully saturated rings. The highest BCUT2D eigenvalue weighted by Gasteiger charge is 2.23. The maximum atomic E-state index is 6.06. The Morgan fingerprint density at radius 1 is 0.469 bits per heavy atom. The van der Waals surface area contributed by atoms with Gasteiger partial charge in [-0.2, -0.15) is 0 Å². The van der Waals surface area contributed by atoms with Crippen LogP contribution in [0.3, 0.4) is 0 Å². The zero-order chi connectivity index (χ0) is 22.2. The number of rotatable bonds is 4. The highest BCUT2D eigenvalue weighted by molar-refractivity contribution is 6.03. The van der Waals surface area contributed by atoms with Crippen LogP contribution in [0.2, 0.25) is 0 Å². The van der Waals surface area contributed by atoms with Gasteiger partial charge < -0.3 is 14.2 Å². The molecule has 5 rings (SSSR count). The number of hydrogen-bond acceptors (Lipinski definition) is 3. The second-order valence-electron chi connectivity index (χ2n) is 8.24. The number of ether oxygens (including phenoxy) is 3. The second kappa shape index (κ2) is 8.08. The molecule has 0 aliphatic heterocycles. The summed E-state index contributed by atoms with van der Waals surface area (Å²) in [5.41, 5.74) is 9.25. The number of benzene rings is 4. The summed E-state index contributed by atoms with van der Waals surface area (Å²) in [6.45, 7) is 4.10. The summed E-state index contributed by atoms with van der Waals surface area (Å²) < 4.78 is 17.2. The van der Waals surface area contributed by atoms with Crippen molar-refractivity contribution >= 4 is 0 Å². The van der Waals surface area contributed by atoms with Crippen LogP contribution >= 0.6 is 0 Å². The van der Waals surface area contributed by atoms with E-state index < -0.39 is 0 Å². The van der Waals surface area contributed by atoms with Crippen molar-refractivity contribution in [3.63, 3.8) is 0 Å². The molecule has 0 aromatic heterocycles. The van der Waals surface area contributed by atoms with Crippen LogP contribution < -0.4 is 14.2 Å². The van der Waals surface area contributed by atoms with Crippen molar-refractivity contribution in [3.05, 3.63) is 78.9 Å². The minimum Gasteiger partial charge on any atom is -0.497 e. The highest BCUT2D eigenvalue weighted by Crippen LogP contribution is 2.49. The minimum absolute atomic E-state index is 0.113.